The van der Waals surface area contributed by atoms with Gasteiger partial charge in [-0.1, -0.05) is 35.9 Å². The molecule has 3 nitrogen and oxygen atoms in total. The summed E-state index contributed by atoms with van der Waals surface area (Å²) in [5, 5.41) is 0.574. The fourth-order valence-electron chi connectivity index (χ4n) is 2.40. The molecule has 3 aromatic rings. The van der Waals surface area contributed by atoms with E-state index in [4.69, 9.17) is 11.6 Å². The number of nitrogens with zero attached hydrogens (tertiary/aromatic N) is 1. The fourth-order valence-corrected chi connectivity index (χ4v) is 2.62. The molecule has 0 aliphatic carbocycles. The largest absolute Gasteiger partial charge is 0.416 e. The summed E-state index contributed by atoms with van der Waals surface area (Å²) in [6.07, 6.45) is -2.95. The first kappa shape index (κ1) is 17.2. The molecule has 0 atom stereocenters. The number of hydrogen-bond acceptors (Lipinski definition) is 2. The maximum Gasteiger partial charge on any atom is 0.416 e. The Hall–Kier alpha value is -2.60. The molecular formula is C18H12ClF3N2O. The zero-order valence-corrected chi connectivity index (χ0v) is 13.7. The number of nitrogens with one attached hydrogen (secondary N) is 1. The van der Waals surface area contributed by atoms with E-state index in [1.54, 1.807) is 12.1 Å². The minimum Gasteiger partial charge on any atom is -0.305 e. The van der Waals surface area contributed by atoms with Gasteiger partial charge in [-0.2, -0.15) is 13.2 Å². The van der Waals surface area contributed by atoms with Gasteiger partial charge in [0.25, 0.3) is 5.56 Å². The van der Waals surface area contributed by atoms with Gasteiger partial charge in [0.1, 0.15) is 0 Å². The summed E-state index contributed by atoms with van der Waals surface area (Å²) < 4.78 is 37.8. The molecule has 0 aliphatic rings. The summed E-state index contributed by atoms with van der Waals surface area (Å²) in [5.41, 5.74) is 0.742. The highest BCUT2D eigenvalue weighted by atomic mass is 35.5. The minimum atomic E-state index is -4.39. The SMILES string of the molecule is Cc1cccc2c(=O)[nH]c(/C(Cl)=C/c3ccc(C(F)(F)F)cc3)nc12. The van der Waals surface area contributed by atoms with Crippen LogP contribution < -0.4 is 5.56 Å². The summed E-state index contributed by atoms with van der Waals surface area (Å²) >= 11 is 6.20. The summed E-state index contributed by atoms with van der Waals surface area (Å²) in [4.78, 5) is 19.1. The van der Waals surface area contributed by atoms with Gasteiger partial charge < -0.3 is 4.98 Å². The molecule has 0 unspecified atom stereocenters. The van der Waals surface area contributed by atoms with Crippen LogP contribution in [-0.2, 0) is 6.18 Å². The Labute approximate surface area is 145 Å². The van der Waals surface area contributed by atoms with Gasteiger partial charge in [-0.05, 0) is 42.3 Å². The number of alkyl halides is 3. The van der Waals surface area contributed by atoms with E-state index in [2.05, 4.69) is 9.97 Å². The van der Waals surface area contributed by atoms with E-state index in [9.17, 15) is 18.0 Å². The predicted octanol–water partition coefficient (Wildman–Crippen LogP) is 4.99. The Morgan fingerprint density at radius 1 is 1.16 bits per heavy atom. The van der Waals surface area contributed by atoms with E-state index in [0.717, 1.165) is 17.7 Å². The number of hydrogen-bond donors (Lipinski definition) is 1. The van der Waals surface area contributed by atoms with Crippen LogP contribution in [0.1, 0.15) is 22.5 Å². The van der Waals surface area contributed by atoms with Crippen molar-refractivity contribution >= 4 is 33.6 Å². The number of rotatable bonds is 2. The third kappa shape index (κ3) is 3.58. The third-order valence-corrected chi connectivity index (χ3v) is 3.98. The van der Waals surface area contributed by atoms with Crippen LogP contribution in [0.15, 0.2) is 47.3 Å². The van der Waals surface area contributed by atoms with E-state index >= 15 is 0 Å². The van der Waals surface area contributed by atoms with Crippen molar-refractivity contribution in [3.05, 3.63) is 75.3 Å². The van der Waals surface area contributed by atoms with Crippen molar-refractivity contribution in [1.82, 2.24) is 9.97 Å². The van der Waals surface area contributed by atoms with E-state index in [1.807, 2.05) is 13.0 Å². The zero-order valence-electron chi connectivity index (χ0n) is 13.0. The molecule has 0 aliphatic heterocycles. The zero-order chi connectivity index (χ0) is 18.2. The summed E-state index contributed by atoms with van der Waals surface area (Å²) in [5.74, 6) is 0.161. The first-order valence-corrected chi connectivity index (χ1v) is 7.68. The Kier molecular flexibility index (Phi) is 4.39. The van der Waals surface area contributed by atoms with Crippen LogP contribution in [0.3, 0.4) is 0 Å². The van der Waals surface area contributed by atoms with Crippen LogP contribution in [-0.4, -0.2) is 9.97 Å². The molecular weight excluding hydrogens is 353 g/mol. The van der Waals surface area contributed by atoms with Crippen LogP contribution >= 0.6 is 11.6 Å². The van der Waals surface area contributed by atoms with E-state index < -0.39 is 11.7 Å². The maximum atomic E-state index is 12.6. The molecule has 128 valence electrons. The predicted molar refractivity (Wildman–Crippen MR) is 92.3 cm³/mol. The van der Waals surface area contributed by atoms with Crippen molar-refractivity contribution in [1.29, 1.82) is 0 Å². The van der Waals surface area contributed by atoms with Crippen LogP contribution in [0.25, 0.3) is 22.0 Å². The lowest BCUT2D eigenvalue weighted by molar-refractivity contribution is -0.137. The highest BCUT2D eigenvalue weighted by Gasteiger charge is 2.29. The van der Waals surface area contributed by atoms with Crippen LogP contribution in [0.4, 0.5) is 13.2 Å². The van der Waals surface area contributed by atoms with Gasteiger partial charge in [-0.3, -0.25) is 4.79 Å². The van der Waals surface area contributed by atoms with Crippen molar-refractivity contribution < 1.29 is 13.2 Å². The number of fused-ring (bicyclic) bond motifs is 1. The lowest BCUT2D eigenvalue weighted by Gasteiger charge is -2.07. The third-order valence-electron chi connectivity index (χ3n) is 3.70. The van der Waals surface area contributed by atoms with Gasteiger partial charge >= 0.3 is 6.18 Å². The number of aromatic amines is 1. The van der Waals surface area contributed by atoms with Gasteiger partial charge in [0.05, 0.1) is 21.5 Å². The number of H-pyrrole nitrogens is 1. The van der Waals surface area contributed by atoms with Crippen molar-refractivity contribution in [2.45, 2.75) is 13.1 Å². The van der Waals surface area contributed by atoms with Gasteiger partial charge in [-0.15, -0.1) is 0 Å². The second-order valence-electron chi connectivity index (χ2n) is 5.50. The van der Waals surface area contributed by atoms with Crippen LogP contribution in [0.5, 0.6) is 0 Å². The number of aromatic nitrogens is 2. The average Bonchev–Trinajstić information content (AvgIpc) is 2.55. The fraction of sp³-hybridized carbons (Fsp3) is 0.111. The molecule has 0 spiro atoms. The number of halogens is 4. The molecule has 0 radical (unpaired) electrons. The smallest absolute Gasteiger partial charge is 0.305 e. The normalized spacial score (nSPS) is 12.6. The van der Waals surface area contributed by atoms with E-state index in [-0.39, 0.29) is 16.4 Å². The average molecular weight is 365 g/mol. The van der Waals surface area contributed by atoms with Gasteiger partial charge in [-0.25, -0.2) is 4.98 Å². The lowest BCUT2D eigenvalue weighted by atomic mass is 10.1. The van der Waals surface area contributed by atoms with Gasteiger partial charge in [0.2, 0.25) is 0 Å². The first-order valence-electron chi connectivity index (χ1n) is 7.30. The molecule has 2 aromatic carbocycles. The van der Waals surface area contributed by atoms with E-state index in [1.165, 1.54) is 18.2 Å². The van der Waals surface area contributed by atoms with Crippen molar-refractivity contribution in [3.8, 4) is 0 Å². The number of benzene rings is 2. The second kappa shape index (κ2) is 6.37. The molecule has 0 saturated carbocycles. The standard InChI is InChI=1S/C18H12ClF3N2O/c1-10-3-2-4-13-15(10)23-16(24-17(13)25)14(19)9-11-5-7-12(8-6-11)18(20,21)22/h2-9H,1H3,(H,23,24,25)/b14-9-. The topological polar surface area (TPSA) is 45.8 Å². The number of aryl methyl sites for hydroxylation is 1. The molecule has 0 bridgehead atoms. The molecule has 1 N–H and O–H groups in total. The van der Waals surface area contributed by atoms with Gasteiger partial charge in [0, 0.05) is 0 Å². The van der Waals surface area contributed by atoms with E-state index in [0.29, 0.717) is 16.5 Å². The van der Waals surface area contributed by atoms with Crippen LogP contribution in [0.2, 0.25) is 0 Å². The molecule has 1 heterocycles. The highest BCUT2D eigenvalue weighted by molar-refractivity contribution is 6.50. The summed E-state index contributed by atoms with van der Waals surface area (Å²) in [6, 6.07) is 9.78. The first-order chi connectivity index (χ1) is 11.8. The minimum absolute atomic E-state index is 0.127. The monoisotopic (exact) mass is 364 g/mol. The van der Waals surface area contributed by atoms with Crippen molar-refractivity contribution in [2.75, 3.05) is 0 Å². The molecule has 7 heteroatoms. The lowest BCUT2D eigenvalue weighted by Crippen LogP contribution is -2.11. The Bertz CT molecular complexity index is 1020. The quantitative estimate of drug-likeness (QED) is 0.696. The molecule has 25 heavy (non-hydrogen) atoms. The van der Waals surface area contributed by atoms with Crippen molar-refractivity contribution in [3.63, 3.8) is 0 Å². The molecule has 3 rings (SSSR count). The molecule has 0 amide bonds. The van der Waals surface area contributed by atoms with Crippen LogP contribution in [0, 0.1) is 6.92 Å². The Morgan fingerprint density at radius 2 is 1.84 bits per heavy atom. The summed E-state index contributed by atoms with van der Waals surface area (Å²) in [6.45, 7) is 1.83. The molecule has 0 fully saturated rings. The molecule has 0 saturated heterocycles. The summed E-state index contributed by atoms with van der Waals surface area (Å²) in [7, 11) is 0. The van der Waals surface area contributed by atoms with Gasteiger partial charge in [0.15, 0.2) is 5.82 Å². The Balaban J connectivity index is 2.02. The highest BCUT2D eigenvalue weighted by Crippen LogP contribution is 2.30. The van der Waals surface area contributed by atoms with Crippen molar-refractivity contribution in [2.24, 2.45) is 0 Å². The number of para-hydroxylation sites is 1. The Morgan fingerprint density at radius 3 is 2.48 bits per heavy atom. The molecule has 1 aromatic heterocycles. The maximum absolute atomic E-state index is 12.6. The second-order valence-corrected chi connectivity index (χ2v) is 5.90.